The van der Waals surface area contributed by atoms with Crippen molar-refractivity contribution < 1.29 is 4.39 Å². The van der Waals surface area contributed by atoms with Gasteiger partial charge in [0.25, 0.3) is 0 Å². The molecule has 15 heavy (non-hydrogen) atoms. The summed E-state index contributed by atoms with van der Waals surface area (Å²) in [6.45, 7) is 6.08. The molecule has 0 saturated heterocycles. The highest BCUT2D eigenvalue weighted by molar-refractivity contribution is 9.10. The molecule has 2 atom stereocenters. The van der Waals surface area contributed by atoms with Gasteiger partial charge in [0, 0.05) is 10.5 Å². The van der Waals surface area contributed by atoms with Crippen LogP contribution in [0.3, 0.4) is 0 Å². The van der Waals surface area contributed by atoms with Crippen LogP contribution in [0.2, 0.25) is 0 Å². The van der Waals surface area contributed by atoms with Crippen LogP contribution in [0.1, 0.15) is 32.3 Å². The van der Waals surface area contributed by atoms with E-state index in [0.717, 1.165) is 4.47 Å². The second kappa shape index (κ2) is 5.08. The first-order valence-corrected chi connectivity index (χ1v) is 5.93. The van der Waals surface area contributed by atoms with Gasteiger partial charge in [-0.2, -0.15) is 0 Å². The van der Waals surface area contributed by atoms with Gasteiger partial charge in [0.05, 0.1) is 0 Å². The third-order valence-electron chi connectivity index (χ3n) is 2.80. The topological polar surface area (TPSA) is 26.0 Å². The van der Waals surface area contributed by atoms with E-state index in [0.29, 0.717) is 11.5 Å². The van der Waals surface area contributed by atoms with Crippen LogP contribution in [0.15, 0.2) is 22.7 Å². The molecule has 2 unspecified atom stereocenters. The number of halogens is 2. The molecule has 1 aromatic rings. The Morgan fingerprint density at radius 2 is 1.87 bits per heavy atom. The minimum Gasteiger partial charge on any atom is -0.327 e. The van der Waals surface area contributed by atoms with Gasteiger partial charge in [-0.25, -0.2) is 4.39 Å². The van der Waals surface area contributed by atoms with E-state index in [1.807, 2.05) is 13.0 Å². The van der Waals surface area contributed by atoms with Gasteiger partial charge >= 0.3 is 0 Å². The lowest BCUT2D eigenvalue weighted by Gasteiger charge is -2.24. The molecule has 0 aliphatic carbocycles. The first-order valence-electron chi connectivity index (χ1n) is 5.14. The molecule has 0 bridgehead atoms. The van der Waals surface area contributed by atoms with Crippen LogP contribution >= 0.6 is 15.9 Å². The molecule has 84 valence electrons. The van der Waals surface area contributed by atoms with Crippen molar-refractivity contribution in [3.05, 3.63) is 34.1 Å². The molecule has 0 fully saturated rings. The Hall–Kier alpha value is -0.410. The van der Waals surface area contributed by atoms with E-state index < -0.39 is 0 Å². The lowest BCUT2D eigenvalue weighted by molar-refractivity contribution is 0.424. The van der Waals surface area contributed by atoms with E-state index in [4.69, 9.17) is 5.73 Å². The van der Waals surface area contributed by atoms with E-state index >= 15 is 0 Å². The van der Waals surface area contributed by atoms with Crippen molar-refractivity contribution in [1.82, 2.24) is 0 Å². The summed E-state index contributed by atoms with van der Waals surface area (Å²) in [6, 6.07) is 5.12. The average Bonchev–Trinajstić information content (AvgIpc) is 2.15. The SMILES string of the molecule is CC(C)C(N)C(C)c1ccc(Br)cc1F. The third kappa shape index (κ3) is 3.02. The average molecular weight is 274 g/mol. The molecule has 0 aliphatic rings. The van der Waals surface area contributed by atoms with E-state index in [1.54, 1.807) is 6.07 Å². The molecular weight excluding hydrogens is 257 g/mol. The lowest BCUT2D eigenvalue weighted by atomic mass is 9.87. The number of hydrogen-bond donors (Lipinski definition) is 1. The largest absolute Gasteiger partial charge is 0.327 e. The monoisotopic (exact) mass is 273 g/mol. The zero-order valence-corrected chi connectivity index (χ0v) is 10.9. The summed E-state index contributed by atoms with van der Waals surface area (Å²) in [7, 11) is 0. The highest BCUT2D eigenvalue weighted by Crippen LogP contribution is 2.26. The van der Waals surface area contributed by atoms with Crippen molar-refractivity contribution in [2.45, 2.75) is 32.7 Å². The molecule has 1 nitrogen and oxygen atoms in total. The maximum absolute atomic E-state index is 13.6. The number of hydrogen-bond acceptors (Lipinski definition) is 1. The number of rotatable bonds is 3. The third-order valence-corrected chi connectivity index (χ3v) is 3.29. The molecule has 0 heterocycles. The normalized spacial score (nSPS) is 15.4. The summed E-state index contributed by atoms with van der Waals surface area (Å²) < 4.78 is 14.4. The van der Waals surface area contributed by atoms with Crippen LogP contribution < -0.4 is 5.73 Å². The Labute approximate surface area is 99.0 Å². The van der Waals surface area contributed by atoms with Gasteiger partial charge in [-0.1, -0.05) is 42.8 Å². The Bertz CT molecular complexity index is 338. The van der Waals surface area contributed by atoms with Crippen LogP contribution in [-0.4, -0.2) is 6.04 Å². The van der Waals surface area contributed by atoms with Gasteiger partial charge in [-0.15, -0.1) is 0 Å². The Morgan fingerprint density at radius 3 is 2.33 bits per heavy atom. The number of nitrogens with two attached hydrogens (primary N) is 1. The Kier molecular flexibility index (Phi) is 4.29. The van der Waals surface area contributed by atoms with Gasteiger partial charge in [0.2, 0.25) is 0 Å². The van der Waals surface area contributed by atoms with Gasteiger partial charge < -0.3 is 5.73 Å². The highest BCUT2D eigenvalue weighted by atomic mass is 79.9. The fourth-order valence-electron chi connectivity index (χ4n) is 1.66. The summed E-state index contributed by atoms with van der Waals surface area (Å²) >= 11 is 3.24. The highest BCUT2D eigenvalue weighted by Gasteiger charge is 2.20. The minimum absolute atomic E-state index is 0.0133. The Balaban J connectivity index is 2.96. The van der Waals surface area contributed by atoms with Crippen molar-refractivity contribution in [3.63, 3.8) is 0 Å². The first kappa shape index (κ1) is 12.7. The van der Waals surface area contributed by atoms with Crippen molar-refractivity contribution in [1.29, 1.82) is 0 Å². The Morgan fingerprint density at radius 1 is 1.27 bits per heavy atom. The van der Waals surface area contributed by atoms with Crippen LogP contribution in [0, 0.1) is 11.7 Å². The fourth-order valence-corrected chi connectivity index (χ4v) is 1.99. The molecule has 0 aliphatic heterocycles. The molecule has 0 radical (unpaired) electrons. The van der Waals surface area contributed by atoms with E-state index in [-0.39, 0.29) is 17.8 Å². The van der Waals surface area contributed by atoms with Crippen LogP contribution in [0.25, 0.3) is 0 Å². The molecule has 0 aromatic heterocycles. The molecule has 0 saturated carbocycles. The second-order valence-electron chi connectivity index (χ2n) is 4.28. The number of benzene rings is 1. The van der Waals surface area contributed by atoms with Crippen molar-refractivity contribution in [3.8, 4) is 0 Å². The van der Waals surface area contributed by atoms with Gasteiger partial charge in [-0.05, 0) is 29.5 Å². The summed E-state index contributed by atoms with van der Waals surface area (Å²) in [4.78, 5) is 0. The summed E-state index contributed by atoms with van der Waals surface area (Å²) in [5, 5.41) is 0. The van der Waals surface area contributed by atoms with Crippen molar-refractivity contribution in [2.75, 3.05) is 0 Å². The molecule has 3 heteroatoms. The fraction of sp³-hybridized carbons (Fsp3) is 0.500. The van der Waals surface area contributed by atoms with Crippen LogP contribution in [0.4, 0.5) is 4.39 Å². The van der Waals surface area contributed by atoms with E-state index in [2.05, 4.69) is 29.8 Å². The molecule has 2 N–H and O–H groups in total. The van der Waals surface area contributed by atoms with E-state index in [9.17, 15) is 4.39 Å². The molecule has 1 rings (SSSR count). The predicted molar refractivity (Wildman–Crippen MR) is 65.3 cm³/mol. The lowest BCUT2D eigenvalue weighted by Crippen LogP contribution is -2.32. The summed E-state index contributed by atoms with van der Waals surface area (Å²) in [6.07, 6.45) is 0. The maximum atomic E-state index is 13.6. The first-order chi connectivity index (χ1) is 6.93. The molecule has 0 amide bonds. The van der Waals surface area contributed by atoms with Gasteiger partial charge in [-0.3, -0.25) is 0 Å². The van der Waals surface area contributed by atoms with Gasteiger partial charge in [0.15, 0.2) is 0 Å². The van der Waals surface area contributed by atoms with Crippen molar-refractivity contribution >= 4 is 15.9 Å². The molecule has 0 spiro atoms. The smallest absolute Gasteiger partial charge is 0.127 e. The maximum Gasteiger partial charge on any atom is 0.127 e. The molecule has 1 aromatic carbocycles. The summed E-state index contributed by atoms with van der Waals surface area (Å²) in [5.41, 5.74) is 6.71. The van der Waals surface area contributed by atoms with Gasteiger partial charge in [0.1, 0.15) is 5.82 Å². The zero-order chi connectivity index (χ0) is 11.6. The molecular formula is C12H17BrFN. The quantitative estimate of drug-likeness (QED) is 0.894. The standard InChI is InChI=1S/C12H17BrFN/c1-7(2)12(15)8(3)10-5-4-9(13)6-11(10)14/h4-8,12H,15H2,1-3H3. The van der Waals surface area contributed by atoms with Crippen LogP contribution in [0.5, 0.6) is 0 Å². The summed E-state index contributed by atoms with van der Waals surface area (Å²) in [5.74, 6) is 0.203. The zero-order valence-electron chi connectivity index (χ0n) is 9.30. The van der Waals surface area contributed by atoms with Crippen molar-refractivity contribution in [2.24, 2.45) is 11.7 Å². The minimum atomic E-state index is -0.187. The predicted octanol–water partition coefficient (Wildman–Crippen LogP) is 3.68. The van der Waals surface area contributed by atoms with E-state index in [1.165, 1.54) is 6.07 Å². The van der Waals surface area contributed by atoms with Crippen LogP contribution in [-0.2, 0) is 0 Å². The second-order valence-corrected chi connectivity index (χ2v) is 5.19.